The predicted molar refractivity (Wildman–Crippen MR) is 74.3 cm³/mol. The Morgan fingerprint density at radius 1 is 0.800 bits per heavy atom. The molecule has 0 heterocycles. The highest BCUT2D eigenvalue weighted by molar-refractivity contribution is 6.08. The van der Waals surface area contributed by atoms with E-state index in [0.29, 0.717) is 10.8 Å². The monoisotopic (exact) mass is 210 g/mol. The molecule has 3 heteroatoms. The smallest absolute Gasteiger partial charge is 0.101 e. The van der Waals surface area contributed by atoms with Crippen molar-refractivity contribution in [2.75, 3.05) is 13.2 Å². The molecular formula is C12H28B2O. The van der Waals surface area contributed by atoms with Crippen LogP contribution in [0.4, 0.5) is 0 Å². The van der Waals surface area contributed by atoms with Crippen molar-refractivity contribution in [2.24, 2.45) is 10.8 Å². The number of rotatable bonds is 8. The van der Waals surface area contributed by atoms with Gasteiger partial charge in [-0.05, 0) is 10.8 Å². The summed E-state index contributed by atoms with van der Waals surface area (Å²) in [5, 5.41) is 0. The van der Waals surface area contributed by atoms with Crippen LogP contribution in [-0.2, 0) is 4.74 Å². The van der Waals surface area contributed by atoms with E-state index in [1.165, 1.54) is 25.5 Å². The fraction of sp³-hybridized carbons (Fsp3) is 1.00. The van der Waals surface area contributed by atoms with Gasteiger partial charge < -0.3 is 4.74 Å². The molecule has 0 aromatic rings. The average Bonchev–Trinajstić information content (AvgIpc) is 2.02. The van der Waals surface area contributed by atoms with Crippen LogP contribution in [0.5, 0.6) is 0 Å². The summed E-state index contributed by atoms with van der Waals surface area (Å²) >= 11 is 0. The molecule has 0 fully saturated rings. The maximum Gasteiger partial charge on any atom is 0.101 e. The Balaban J connectivity index is 3.77. The van der Waals surface area contributed by atoms with Crippen molar-refractivity contribution in [3.63, 3.8) is 0 Å². The third kappa shape index (κ3) is 7.96. The predicted octanol–water partition coefficient (Wildman–Crippen LogP) is 1.94. The number of hydrogen-bond donors (Lipinski definition) is 0. The lowest BCUT2D eigenvalue weighted by Crippen LogP contribution is -2.25. The van der Waals surface area contributed by atoms with Crippen molar-refractivity contribution in [1.29, 1.82) is 0 Å². The number of ether oxygens (including phenoxy) is 1. The molecule has 88 valence electrons. The van der Waals surface area contributed by atoms with Crippen molar-refractivity contribution in [2.45, 2.75) is 53.2 Å². The molecular weight excluding hydrogens is 182 g/mol. The maximum absolute atomic E-state index is 5.87. The zero-order chi connectivity index (χ0) is 11.9. The highest BCUT2D eigenvalue weighted by Crippen LogP contribution is 2.26. The Morgan fingerprint density at radius 3 is 1.40 bits per heavy atom. The van der Waals surface area contributed by atoms with Crippen LogP contribution in [0.2, 0.25) is 12.6 Å². The Hall–Kier alpha value is 0.0899. The molecule has 0 unspecified atom stereocenters. The minimum absolute atomic E-state index is 0.344. The molecule has 0 amide bonds. The normalized spacial score (nSPS) is 13.1. The van der Waals surface area contributed by atoms with E-state index in [1.807, 2.05) is 0 Å². The SMILES string of the molecule is BCCC(C)(C)COCC(C)(C)CCB. The molecule has 0 saturated heterocycles. The minimum atomic E-state index is 0.344. The summed E-state index contributed by atoms with van der Waals surface area (Å²) < 4.78 is 5.87. The van der Waals surface area contributed by atoms with Gasteiger partial charge in [-0.2, -0.15) is 0 Å². The molecule has 0 atom stereocenters. The van der Waals surface area contributed by atoms with Crippen LogP contribution in [0.15, 0.2) is 0 Å². The summed E-state index contributed by atoms with van der Waals surface area (Å²) in [6, 6.07) is 0. The lowest BCUT2D eigenvalue weighted by molar-refractivity contribution is 0.0129. The molecule has 0 N–H and O–H groups in total. The van der Waals surface area contributed by atoms with Crippen LogP contribution < -0.4 is 0 Å². The summed E-state index contributed by atoms with van der Waals surface area (Å²) in [6.07, 6.45) is 4.99. The largest absolute Gasteiger partial charge is 0.380 e. The van der Waals surface area contributed by atoms with E-state index in [0.717, 1.165) is 13.2 Å². The average molecular weight is 210 g/mol. The Bertz CT molecular complexity index is 149. The highest BCUT2D eigenvalue weighted by Gasteiger charge is 2.21. The van der Waals surface area contributed by atoms with Gasteiger partial charge in [0.1, 0.15) is 15.7 Å². The number of hydrogen-bond acceptors (Lipinski definition) is 1. The lowest BCUT2D eigenvalue weighted by atomic mass is 9.82. The zero-order valence-corrected chi connectivity index (χ0v) is 11.7. The van der Waals surface area contributed by atoms with E-state index in [-0.39, 0.29) is 0 Å². The van der Waals surface area contributed by atoms with Crippen molar-refractivity contribution < 1.29 is 4.74 Å². The van der Waals surface area contributed by atoms with Gasteiger partial charge in [-0.15, -0.1) is 0 Å². The molecule has 0 aliphatic heterocycles. The van der Waals surface area contributed by atoms with E-state index in [4.69, 9.17) is 4.74 Å². The van der Waals surface area contributed by atoms with Crippen LogP contribution in [0.3, 0.4) is 0 Å². The first kappa shape index (κ1) is 15.1. The fourth-order valence-corrected chi connectivity index (χ4v) is 2.10. The summed E-state index contributed by atoms with van der Waals surface area (Å²) in [4.78, 5) is 0. The van der Waals surface area contributed by atoms with Gasteiger partial charge in [-0.25, -0.2) is 0 Å². The topological polar surface area (TPSA) is 9.23 Å². The summed E-state index contributed by atoms with van der Waals surface area (Å²) in [5.41, 5.74) is 0.689. The second kappa shape index (κ2) is 6.62. The summed E-state index contributed by atoms with van der Waals surface area (Å²) in [6.45, 7) is 11.0. The molecule has 0 aliphatic rings. The molecule has 0 saturated carbocycles. The van der Waals surface area contributed by atoms with Gasteiger partial charge in [0, 0.05) is 0 Å². The Morgan fingerprint density at radius 2 is 1.13 bits per heavy atom. The summed E-state index contributed by atoms with van der Waals surface area (Å²) in [5.74, 6) is 0. The molecule has 15 heavy (non-hydrogen) atoms. The molecule has 0 aromatic heterocycles. The van der Waals surface area contributed by atoms with Crippen molar-refractivity contribution in [3.05, 3.63) is 0 Å². The maximum atomic E-state index is 5.87. The van der Waals surface area contributed by atoms with Crippen LogP contribution in [0, 0.1) is 10.8 Å². The van der Waals surface area contributed by atoms with Gasteiger partial charge in [-0.1, -0.05) is 53.2 Å². The van der Waals surface area contributed by atoms with Crippen molar-refractivity contribution in [3.8, 4) is 0 Å². The van der Waals surface area contributed by atoms with Crippen LogP contribution >= 0.6 is 0 Å². The van der Waals surface area contributed by atoms with E-state index in [9.17, 15) is 0 Å². The second-order valence-electron chi connectivity index (χ2n) is 6.32. The van der Waals surface area contributed by atoms with Crippen LogP contribution in [0.25, 0.3) is 0 Å². The van der Waals surface area contributed by atoms with Gasteiger partial charge in [0.25, 0.3) is 0 Å². The first-order valence-corrected chi connectivity index (χ1v) is 6.41. The Kier molecular flexibility index (Phi) is 6.66. The van der Waals surface area contributed by atoms with E-state index in [1.54, 1.807) is 0 Å². The molecule has 0 spiro atoms. The molecule has 0 aliphatic carbocycles. The van der Waals surface area contributed by atoms with Gasteiger partial charge in [0.2, 0.25) is 0 Å². The zero-order valence-electron chi connectivity index (χ0n) is 11.7. The lowest BCUT2D eigenvalue weighted by Gasteiger charge is -2.28. The molecule has 0 radical (unpaired) electrons. The quantitative estimate of drug-likeness (QED) is 0.556. The van der Waals surface area contributed by atoms with Crippen molar-refractivity contribution in [1.82, 2.24) is 0 Å². The van der Waals surface area contributed by atoms with Gasteiger partial charge in [-0.3, -0.25) is 0 Å². The standard InChI is InChI=1S/C12H28B2O/c1-11(2,5-7-13)9-15-10-12(3,4)6-8-14/h5-10,13-14H2,1-4H3. The molecule has 0 rings (SSSR count). The first-order valence-electron chi connectivity index (χ1n) is 6.41. The third-order valence-corrected chi connectivity index (χ3v) is 2.84. The molecule has 1 nitrogen and oxygen atoms in total. The third-order valence-electron chi connectivity index (χ3n) is 2.84. The highest BCUT2D eigenvalue weighted by atomic mass is 16.5. The minimum Gasteiger partial charge on any atom is -0.380 e. The van der Waals surface area contributed by atoms with E-state index in [2.05, 4.69) is 43.4 Å². The van der Waals surface area contributed by atoms with Gasteiger partial charge in [0.15, 0.2) is 0 Å². The first-order chi connectivity index (χ1) is 6.83. The summed E-state index contributed by atoms with van der Waals surface area (Å²) in [7, 11) is 4.48. The van der Waals surface area contributed by atoms with Crippen LogP contribution in [-0.4, -0.2) is 28.9 Å². The van der Waals surface area contributed by atoms with Gasteiger partial charge >= 0.3 is 0 Å². The molecule has 0 bridgehead atoms. The fourth-order valence-electron chi connectivity index (χ4n) is 2.10. The molecule has 0 aromatic carbocycles. The van der Waals surface area contributed by atoms with Crippen molar-refractivity contribution >= 4 is 15.7 Å². The second-order valence-corrected chi connectivity index (χ2v) is 6.32. The van der Waals surface area contributed by atoms with Gasteiger partial charge in [0.05, 0.1) is 13.2 Å². The Labute approximate surface area is 98.2 Å². The van der Waals surface area contributed by atoms with E-state index >= 15 is 0 Å². The van der Waals surface area contributed by atoms with E-state index < -0.39 is 0 Å². The van der Waals surface area contributed by atoms with Crippen LogP contribution in [0.1, 0.15) is 40.5 Å².